The fourth-order valence-electron chi connectivity index (χ4n) is 3.11. The van der Waals surface area contributed by atoms with E-state index < -0.39 is 0 Å². The number of benzene rings is 1. The molecule has 3 nitrogen and oxygen atoms in total. The van der Waals surface area contributed by atoms with Gasteiger partial charge in [-0.15, -0.1) is 0 Å². The monoisotopic (exact) mass is 269 g/mol. The van der Waals surface area contributed by atoms with E-state index in [0.717, 1.165) is 12.0 Å². The first kappa shape index (κ1) is 13.1. The normalized spacial score (nSPS) is 21.5. The van der Waals surface area contributed by atoms with Gasteiger partial charge in [0.1, 0.15) is 5.76 Å². The molecule has 0 aromatic heterocycles. The lowest BCUT2D eigenvalue weighted by atomic mass is 9.74. The Balaban J connectivity index is 2.10. The van der Waals surface area contributed by atoms with Crippen LogP contribution in [0.2, 0.25) is 0 Å². The van der Waals surface area contributed by atoms with Gasteiger partial charge >= 0.3 is 0 Å². The Hall–Kier alpha value is -1.90. The molecule has 3 rings (SSSR count). The van der Waals surface area contributed by atoms with Crippen LogP contribution in [0.25, 0.3) is 0 Å². The van der Waals surface area contributed by atoms with Gasteiger partial charge in [-0.05, 0) is 17.4 Å². The van der Waals surface area contributed by atoms with Crippen LogP contribution < -0.4 is 0 Å². The second-order valence-corrected chi connectivity index (χ2v) is 6.40. The van der Waals surface area contributed by atoms with Crippen LogP contribution in [-0.4, -0.2) is 23.1 Å². The second kappa shape index (κ2) is 4.58. The lowest BCUT2D eigenvalue weighted by Crippen LogP contribution is -2.31. The van der Waals surface area contributed by atoms with Crippen molar-refractivity contribution in [2.24, 2.45) is 10.4 Å². The molecule has 1 heterocycles. The molecule has 104 valence electrons. The van der Waals surface area contributed by atoms with E-state index in [1.807, 2.05) is 32.0 Å². The summed E-state index contributed by atoms with van der Waals surface area (Å²) in [5, 5.41) is 10.3. The van der Waals surface area contributed by atoms with Crippen molar-refractivity contribution in [2.45, 2.75) is 33.1 Å². The van der Waals surface area contributed by atoms with Gasteiger partial charge in [0.05, 0.1) is 11.3 Å². The lowest BCUT2D eigenvalue weighted by Gasteiger charge is -2.31. The number of fused-ring (bicyclic) bond motifs is 1. The van der Waals surface area contributed by atoms with Crippen LogP contribution in [0.5, 0.6) is 0 Å². The van der Waals surface area contributed by atoms with Crippen LogP contribution in [0.3, 0.4) is 0 Å². The minimum absolute atomic E-state index is 0.00852. The maximum absolute atomic E-state index is 12.4. The van der Waals surface area contributed by atoms with Gasteiger partial charge in [-0.2, -0.15) is 0 Å². The van der Waals surface area contributed by atoms with Crippen molar-refractivity contribution in [1.82, 2.24) is 0 Å². The minimum Gasteiger partial charge on any atom is -0.511 e. The van der Waals surface area contributed by atoms with Crippen LogP contribution in [0.1, 0.15) is 37.8 Å². The number of hydrogen-bond donors (Lipinski definition) is 1. The van der Waals surface area contributed by atoms with Crippen LogP contribution in [0, 0.1) is 5.41 Å². The van der Waals surface area contributed by atoms with Crippen LogP contribution >= 0.6 is 0 Å². The zero-order chi connectivity index (χ0) is 14.3. The van der Waals surface area contributed by atoms with Gasteiger partial charge in [-0.3, -0.25) is 9.79 Å². The number of Topliss-reactive ketones (excluding diaryl/α,β-unsaturated/α-hetero) is 1. The lowest BCUT2D eigenvalue weighted by molar-refractivity contribution is -0.117. The molecule has 0 bridgehead atoms. The Labute approximate surface area is 119 Å². The number of allylic oxidation sites excluding steroid dienone is 2. The Morgan fingerprint density at radius 3 is 2.70 bits per heavy atom. The average molecular weight is 269 g/mol. The molecule has 0 unspecified atom stereocenters. The standard InChI is InChI=1S/C17H19NO2/c1-17(2)9-13(19)15(14(20)10-17)16-12-6-4-3-5-11(12)7-8-18-16/h3-6,19H,7-10H2,1-2H3. The molecule has 1 aliphatic heterocycles. The Morgan fingerprint density at radius 2 is 1.95 bits per heavy atom. The zero-order valence-electron chi connectivity index (χ0n) is 11.9. The summed E-state index contributed by atoms with van der Waals surface area (Å²) >= 11 is 0. The van der Waals surface area contributed by atoms with E-state index in [9.17, 15) is 9.90 Å². The smallest absolute Gasteiger partial charge is 0.168 e. The highest BCUT2D eigenvalue weighted by atomic mass is 16.3. The first-order chi connectivity index (χ1) is 9.48. The van der Waals surface area contributed by atoms with E-state index in [0.29, 0.717) is 30.7 Å². The maximum atomic E-state index is 12.4. The zero-order valence-corrected chi connectivity index (χ0v) is 11.9. The summed E-state index contributed by atoms with van der Waals surface area (Å²) in [4.78, 5) is 17.0. The fourth-order valence-corrected chi connectivity index (χ4v) is 3.11. The maximum Gasteiger partial charge on any atom is 0.168 e. The molecule has 1 aromatic rings. The quantitative estimate of drug-likeness (QED) is 0.851. The van der Waals surface area contributed by atoms with Gasteiger partial charge in [-0.25, -0.2) is 0 Å². The van der Waals surface area contributed by atoms with E-state index >= 15 is 0 Å². The molecule has 1 aliphatic carbocycles. The summed E-state index contributed by atoms with van der Waals surface area (Å²) in [5.74, 6) is 0.205. The molecular weight excluding hydrogens is 250 g/mol. The van der Waals surface area contributed by atoms with Gasteiger partial charge in [0, 0.05) is 24.9 Å². The first-order valence-corrected chi connectivity index (χ1v) is 7.06. The summed E-state index contributed by atoms with van der Waals surface area (Å²) in [5.41, 5.74) is 3.16. The topological polar surface area (TPSA) is 49.7 Å². The van der Waals surface area contributed by atoms with Crippen LogP contribution in [-0.2, 0) is 11.2 Å². The molecular formula is C17H19NO2. The summed E-state index contributed by atoms with van der Waals surface area (Å²) < 4.78 is 0. The van der Waals surface area contributed by atoms with Crippen molar-refractivity contribution in [2.75, 3.05) is 6.54 Å². The van der Waals surface area contributed by atoms with Crippen molar-refractivity contribution in [3.8, 4) is 0 Å². The molecule has 0 saturated carbocycles. The molecule has 0 saturated heterocycles. The number of carbonyl (C=O) groups excluding carboxylic acids is 1. The number of rotatable bonds is 1. The number of hydrogen-bond acceptors (Lipinski definition) is 3. The van der Waals surface area contributed by atoms with E-state index in [-0.39, 0.29) is 17.0 Å². The summed E-state index contributed by atoms with van der Waals surface area (Å²) in [7, 11) is 0. The molecule has 0 fully saturated rings. The molecule has 0 atom stereocenters. The third-order valence-electron chi connectivity index (χ3n) is 4.01. The highest BCUT2D eigenvalue weighted by Crippen LogP contribution is 2.37. The molecule has 1 N–H and O–H groups in total. The third-order valence-corrected chi connectivity index (χ3v) is 4.01. The fraction of sp³-hybridized carbons (Fsp3) is 0.412. The molecule has 0 radical (unpaired) electrons. The van der Waals surface area contributed by atoms with E-state index in [1.165, 1.54) is 5.56 Å². The number of aliphatic imine (C=N–C) groups is 1. The SMILES string of the molecule is CC1(C)CC(=O)C(C2=NCCc3ccccc32)=C(O)C1. The van der Waals surface area contributed by atoms with Crippen LogP contribution in [0.4, 0.5) is 0 Å². The largest absolute Gasteiger partial charge is 0.511 e. The summed E-state index contributed by atoms with van der Waals surface area (Å²) in [6.07, 6.45) is 1.90. The molecule has 0 spiro atoms. The van der Waals surface area contributed by atoms with E-state index in [1.54, 1.807) is 0 Å². The molecule has 2 aliphatic rings. The third kappa shape index (κ3) is 2.17. The number of aliphatic hydroxyl groups excluding tert-OH is 1. The molecule has 1 aromatic carbocycles. The summed E-state index contributed by atoms with van der Waals surface area (Å²) in [6.45, 7) is 4.70. The number of carbonyl (C=O) groups is 1. The van der Waals surface area contributed by atoms with Crippen molar-refractivity contribution < 1.29 is 9.90 Å². The Bertz CT molecular complexity index is 638. The molecule has 20 heavy (non-hydrogen) atoms. The first-order valence-electron chi connectivity index (χ1n) is 7.06. The predicted octanol–water partition coefficient (Wildman–Crippen LogP) is 3.23. The predicted molar refractivity (Wildman–Crippen MR) is 79.2 cm³/mol. The minimum atomic E-state index is -0.167. The molecule has 3 heteroatoms. The van der Waals surface area contributed by atoms with Crippen molar-refractivity contribution in [3.63, 3.8) is 0 Å². The highest BCUT2D eigenvalue weighted by molar-refractivity contribution is 6.30. The number of ketones is 1. The van der Waals surface area contributed by atoms with Gasteiger partial charge in [-0.1, -0.05) is 38.1 Å². The number of nitrogens with zero attached hydrogens (tertiary/aromatic N) is 1. The van der Waals surface area contributed by atoms with Gasteiger partial charge < -0.3 is 5.11 Å². The van der Waals surface area contributed by atoms with Gasteiger partial charge in [0.2, 0.25) is 0 Å². The van der Waals surface area contributed by atoms with Gasteiger partial charge in [0.25, 0.3) is 0 Å². The highest BCUT2D eigenvalue weighted by Gasteiger charge is 2.36. The second-order valence-electron chi connectivity index (χ2n) is 6.40. The average Bonchev–Trinajstić information content (AvgIpc) is 2.36. The van der Waals surface area contributed by atoms with Crippen LogP contribution in [0.15, 0.2) is 40.6 Å². The van der Waals surface area contributed by atoms with Crippen molar-refractivity contribution >= 4 is 11.5 Å². The Morgan fingerprint density at radius 1 is 1.20 bits per heavy atom. The number of aliphatic hydroxyl groups is 1. The van der Waals surface area contributed by atoms with Gasteiger partial charge in [0.15, 0.2) is 5.78 Å². The van der Waals surface area contributed by atoms with Crippen molar-refractivity contribution in [3.05, 3.63) is 46.7 Å². The van der Waals surface area contributed by atoms with Crippen molar-refractivity contribution in [1.29, 1.82) is 0 Å². The molecule has 0 amide bonds. The van der Waals surface area contributed by atoms with E-state index in [2.05, 4.69) is 11.1 Å². The Kier molecular flexibility index (Phi) is 3.00. The summed E-state index contributed by atoms with van der Waals surface area (Å²) in [6, 6.07) is 8.01. The van der Waals surface area contributed by atoms with E-state index in [4.69, 9.17) is 0 Å².